The number of likely N-dealkylation sites (tertiary alicyclic amines) is 1. The van der Waals surface area contributed by atoms with Crippen molar-refractivity contribution in [3.05, 3.63) is 0 Å². The van der Waals surface area contributed by atoms with Crippen LogP contribution in [0.3, 0.4) is 0 Å². The molecule has 0 aliphatic carbocycles. The van der Waals surface area contributed by atoms with Gasteiger partial charge in [-0.1, -0.05) is 0 Å². The Balaban J connectivity index is 2.75. The highest BCUT2D eigenvalue weighted by Gasteiger charge is 2.39. The van der Waals surface area contributed by atoms with E-state index in [1.165, 1.54) is 4.90 Å². The number of likely N-dealkylation sites (N-methyl/N-ethyl adjacent to an activating group) is 1. The van der Waals surface area contributed by atoms with Gasteiger partial charge in [0.2, 0.25) is 5.91 Å². The number of aliphatic carboxylic acids is 1. The van der Waals surface area contributed by atoms with Crippen LogP contribution in [0.15, 0.2) is 0 Å². The number of β-amino-alcohol motifs (C(OH)–C–C–N with tert-alkyl or cyclic N) is 1. The van der Waals surface area contributed by atoms with Gasteiger partial charge >= 0.3 is 5.97 Å². The Morgan fingerprint density at radius 1 is 1.53 bits per heavy atom. The van der Waals surface area contributed by atoms with Gasteiger partial charge in [-0.2, -0.15) is 0 Å². The van der Waals surface area contributed by atoms with E-state index in [1.807, 2.05) is 0 Å². The third kappa shape index (κ3) is 2.45. The summed E-state index contributed by atoms with van der Waals surface area (Å²) in [4.78, 5) is 23.8. The number of hydrogen-bond donors (Lipinski definition) is 3. The van der Waals surface area contributed by atoms with Crippen LogP contribution in [-0.4, -0.2) is 58.8 Å². The second-order valence-electron chi connectivity index (χ2n) is 3.74. The number of carbonyl (C=O) groups excluding carboxylic acids is 1. The summed E-state index contributed by atoms with van der Waals surface area (Å²) in [5, 5.41) is 21.0. The lowest BCUT2D eigenvalue weighted by atomic mass is 10.2. The zero-order valence-corrected chi connectivity index (χ0v) is 8.80. The summed E-state index contributed by atoms with van der Waals surface area (Å²) in [6, 6.07) is -1.33. The number of hydrogen-bond acceptors (Lipinski definition) is 4. The summed E-state index contributed by atoms with van der Waals surface area (Å²) in [5.74, 6) is -1.36. The zero-order chi connectivity index (χ0) is 11.6. The molecule has 1 amide bonds. The lowest BCUT2D eigenvalue weighted by Gasteiger charge is -2.24. The predicted molar refractivity (Wildman–Crippen MR) is 52.3 cm³/mol. The highest BCUT2D eigenvalue weighted by molar-refractivity contribution is 5.87. The molecule has 0 saturated carbocycles. The first-order valence-electron chi connectivity index (χ1n) is 4.86. The van der Waals surface area contributed by atoms with Crippen molar-refractivity contribution in [2.24, 2.45) is 0 Å². The molecule has 0 spiro atoms. The smallest absolute Gasteiger partial charge is 0.326 e. The first kappa shape index (κ1) is 11.9. The Bertz CT molecular complexity index is 269. The SMILES string of the molecule is CNC(C)C(=O)N1CC(O)CC1C(=O)O. The number of aliphatic hydroxyl groups excluding tert-OH is 1. The van der Waals surface area contributed by atoms with Crippen LogP contribution >= 0.6 is 0 Å². The summed E-state index contributed by atoms with van der Waals surface area (Å²) in [7, 11) is 1.63. The second kappa shape index (κ2) is 4.59. The van der Waals surface area contributed by atoms with E-state index in [0.717, 1.165) is 0 Å². The van der Waals surface area contributed by atoms with Crippen molar-refractivity contribution in [2.45, 2.75) is 31.5 Å². The lowest BCUT2D eigenvalue weighted by Crippen LogP contribution is -2.48. The van der Waals surface area contributed by atoms with Gasteiger partial charge in [0.1, 0.15) is 6.04 Å². The second-order valence-corrected chi connectivity index (χ2v) is 3.74. The van der Waals surface area contributed by atoms with Gasteiger partial charge < -0.3 is 20.4 Å². The number of rotatable bonds is 3. The molecule has 0 radical (unpaired) electrons. The number of carbonyl (C=O) groups is 2. The van der Waals surface area contributed by atoms with Crippen LogP contribution in [0.2, 0.25) is 0 Å². The van der Waals surface area contributed by atoms with E-state index in [9.17, 15) is 14.7 Å². The van der Waals surface area contributed by atoms with E-state index in [-0.39, 0.29) is 18.9 Å². The van der Waals surface area contributed by atoms with Gasteiger partial charge in [0.25, 0.3) is 0 Å². The van der Waals surface area contributed by atoms with Crippen molar-refractivity contribution in [2.75, 3.05) is 13.6 Å². The van der Waals surface area contributed by atoms with Gasteiger partial charge in [-0.3, -0.25) is 4.79 Å². The maximum absolute atomic E-state index is 11.7. The molecular formula is C9H16N2O4. The van der Waals surface area contributed by atoms with Crippen molar-refractivity contribution in [3.8, 4) is 0 Å². The van der Waals surface area contributed by atoms with E-state index in [4.69, 9.17) is 5.11 Å². The Labute approximate surface area is 87.9 Å². The number of carboxylic acid groups (broad SMARTS) is 1. The van der Waals surface area contributed by atoms with Crippen LogP contribution in [0.25, 0.3) is 0 Å². The Hall–Kier alpha value is -1.14. The zero-order valence-electron chi connectivity index (χ0n) is 8.80. The average molecular weight is 216 g/mol. The van der Waals surface area contributed by atoms with Crippen LogP contribution in [0.4, 0.5) is 0 Å². The van der Waals surface area contributed by atoms with Gasteiger partial charge in [0.05, 0.1) is 12.1 Å². The molecule has 1 fully saturated rings. The standard InChI is InChI=1S/C9H16N2O4/c1-5(10-2)8(13)11-4-6(12)3-7(11)9(14)15/h5-7,10,12H,3-4H2,1-2H3,(H,14,15). The summed E-state index contributed by atoms with van der Waals surface area (Å²) in [6.07, 6.45) is -0.628. The number of aliphatic hydroxyl groups is 1. The molecule has 1 rings (SSSR count). The maximum Gasteiger partial charge on any atom is 0.326 e. The fourth-order valence-electron chi connectivity index (χ4n) is 1.66. The van der Waals surface area contributed by atoms with Crippen LogP contribution in [0.1, 0.15) is 13.3 Å². The summed E-state index contributed by atoms with van der Waals surface area (Å²) in [6.45, 7) is 1.76. The third-order valence-corrected chi connectivity index (χ3v) is 2.65. The molecule has 0 aromatic carbocycles. The number of carboxylic acids is 1. The molecular weight excluding hydrogens is 200 g/mol. The molecule has 6 nitrogen and oxygen atoms in total. The summed E-state index contributed by atoms with van der Waals surface area (Å²) >= 11 is 0. The Morgan fingerprint density at radius 2 is 2.13 bits per heavy atom. The van der Waals surface area contributed by atoms with Crippen molar-refractivity contribution < 1.29 is 19.8 Å². The Kier molecular flexibility index (Phi) is 3.65. The molecule has 3 N–H and O–H groups in total. The van der Waals surface area contributed by atoms with Crippen molar-refractivity contribution in [1.29, 1.82) is 0 Å². The monoisotopic (exact) mass is 216 g/mol. The van der Waals surface area contributed by atoms with Gasteiger partial charge in [-0.15, -0.1) is 0 Å². The number of amides is 1. The lowest BCUT2D eigenvalue weighted by molar-refractivity contribution is -0.148. The minimum Gasteiger partial charge on any atom is -0.480 e. The molecule has 1 aliphatic rings. The van der Waals surface area contributed by atoms with Gasteiger partial charge in [-0.05, 0) is 14.0 Å². The summed E-state index contributed by atoms with van der Waals surface area (Å²) < 4.78 is 0. The van der Waals surface area contributed by atoms with Crippen molar-refractivity contribution in [3.63, 3.8) is 0 Å². The average Bonchev–Trinajstić information content (AvgIpc) is 2.58. The highest BCUT2D eigenvalue weighted by Crippen LogP contribution is 2.18. The number of nitrogens with one attached hydrogen (secondary N) is 1. The van der Waals surface area contributed by atoms with E-state index < -0.39 is 24.2 Å². The first-order valence-corrected chi connectivity index (χ1v) is 4.86. The molecule has 15 heavy (non-hydrogen) atoms. The van der Waals surface area contributed by atoms with Crippen LogP contribution in [0, 0.1) is 0 Å². The van der Waals surface area contributed by atoms with Gasteiger partial charge in [0.15, 0.2) is 0 Å². The fourth-order valence-corrected chi connectivity index (χ4v) is 1.66. The van der Waals surface area contributed by atoms with Crippen molar-refractivity contribution >= 4 is 11.9 Å². The minimum atomic E-state index is -1.07. The molecule has 1 heterocycles. The molecule has 1 aliphatic heterocycles. The van der Waals surface area contributed by atoms with E-state index in [0.29, 0.717) is 0 Å². The quantitative estimate of drug-likeness (QED) is 0.542. The summed E-state index contributed by atoms with van der Waals surface area (Å²) in [5.41, 5.74) is 0. The first-order chi connectivity index (χ1) is 6.97. The molecule has 0 aromatic heterocycles. The van der Waals surface area contributed by atoms with Crippen LogP contribution in [0.5, 0.6) is 0 Å². The predicted octanol–water partition coefficient (Wildman–Crippen LogP) is -1.36. The maximum atomic E-state index is 11.7. The topological polar surface area (TPSA) is 89.9 Å². The molecule has 86 valence electrons. The molecule has 3 unspecified atom stereocenters. The van der Waals surface area contributed by atoms with Crippen LogP contribution in [-0.2, 0) is 9.59 Å². The molecule has 0 bridgehead atoms. The third-order valence-electron chi connectivity index (χ3n) is 2.65. The van der Waals surface area contributed by atoms with Gasteiger partial charge in [0, 0.05) is 13.0 Å². The minimum absolute atomic E-state index is 0.0990. The van der Waals surface area contributed by atoms with E-state index >= 15 is 0 Å². The number of nitrogens with zero attached hydrogens (tertiary/aromatic N) is 1. The molecule has 0 aromatic rings. The molecule has 1 saturated heterocycles. The largest absolute Gasteiger partial charge is 0.480 e. The normalized spacial score (nSPS) is 27.8. The van der Waals surface area contributed by atoms with Crippen LogP contribution < -0.4 is 5.32 Å². The Morgan fingerprint density at radius 3 is 2.60 bits per heavy atom. The van der Waals surface area contributed by atoms with Gasteiger partial charge in [-0.25, -0.2) is 4.79 Å². The molecule has 6 heteroatoms. The fraction of sp³-hybridized carbons (Fsp3) is 0.778. The highest BCUT2D eigenvalue weighted by atomic mass is 16.4. The van der Waals surface area contributed by atoms with E-state index in [1.54, 1.807) is 14.0 Å². The van der Waals surface area contributed by atoms with Crippen molar-refractivity contribution in [1.82, 2.24) is 10.2 Å². The van der Waals surface area contributed by atoms with E-state index in [2.05, 4.69) is 5.32 Å². The molecule has 3 atom stereocenters.